The highest BCUT2D eigenvalue weighted by molar-refractivity contribution is 7.10. The third kappa shape index (κ3) is 2.10. The molecule has 0 aromatic carbocycles. The number of hydrogen-bond acceptors (Lipinski definition) is 3. The Bertz CT molecular complexity index is 278. The van der Waals surface area contributed by atoms with Crippen LogP contribution in [0.1, 0.15) is 29.3 Å². The molecule has 1 saturated carbocycles. The van der Waals surface area contributed by atoms with E-state index in [-0.39, 0.29) is 0 Å². The molecule has 1 aromatic rings. The van der Waals surface area contributed by atoms with Crippen LogP contribution in [0.4, 0.5) is 0 Å². The molecular weight excluding hydrogens is 180 g/mol. The number of aryl methyl sites for hydroxylation is 1. The van der Waals surface area contributed by atoms with E-state index in [1.54, 1.807) is 0 Å². The van der Waals surface area contributed by atoms with Gasteiger partial charge in [0.15, 0.2) is 0 Å². The van der Waals surface area contributed by atoms with E-state index in [0.29, 0.717) is 12.6 Å². The third-order valence-electron chi connectivity index (χ3n) is 2.47. The minimum absolute atomic E-state index is 0.382. The van der Waals surface area contributed by atoms with Crippen LogP contribution in [0, 0.1) is 6.92 Å². The minimum Gasteiger partial charge on any atom is -0.329 e. The van der Waals surface area contributed by atoms with Gasteiger partial charge in [-0.3, -0.25) is 0 Å². The van der Waals surface area contributed by atoms with Gasteiger partial charge >= 0.3 is 0 Å². The molecule has 1 aromatic heterocycles. The molecular formula is C10H16N2S. The molecule has 0 aliphatic heterocycles. The van der Waals surface area contributed by atoms with Gasteiger partial charge in [-0.15, -0.1) is 11.3 Å². The number of nitrogens with one attached hydrogen (secondary N) is 1. The number of thiophene rings is 1. The van der Waals surface area contributed by atoms with E-state index in [1.165, 1.54) is 23.3 Å². The van der Waals surface area contributed by atoms with Crippen molar-refractivity contribution in [2.24, 2.45) is 5.73 Å². The van der Waals surface area contributed by atoms with E-state index in [9.17, 15) is 0 Å². The zero-order valence-corrected chi connectivity index (χ0v) is 8.73. The Kier molecular flexibility index (Phi) is 2.67. The highest BCUT2D eigenvalue weighted by Gasteiger charge is 2.25. The fourth-order valence-electron chi connectivity index (χ4n) is 1.53. The highest BCUT2D eigenvalue weighted by atomic mass is 32.1. The van der Waals surface area contributed by atoms with Crippen molar-refractivity contribution >= 4 is 11.3 Å². The molecule has 3 N–H and O–H groups in total. The second-order valence-electron chi connectivity index (χ2n) is 3.70. The summed E-state index contributed by atoms with van der Waals surface area (Å²) in [5.41, 5.74) is 7.12. The van der Waals surface area contributed by atoms with Crippen molar-refractivity contribution in [1.82, 2.24) is 5.32 Å². The van der Waals surface area contributed by atoms with Gasteiger partial charge in [-0.25, -0.2) is 0 Å². The van der Waals surface area contributed by atoms with Crippen LogP contribution in [-0.4, -0.2) is 12.6 Å². The number of nitrogens with two attached hydrogens (primary N) is 1. The first-order valence-corrected chi connectivity index (χ1v) is 5.69. The van der Waals surface area contributed by atoms with Gasteiger partial charge in [-0.05, 0) is 36.8 Å². The van der Waals surface area contributed by atoms with Crippen LogP contribution in [0.15, 0.2) is 11.4 Å². The monoisotopic (exact) mass is 196 g/mol. The molecule has 0 bridgehead atoms. The predicted molar refractivity (Wildman–Crippen MR) is 57.0 cm³/mol. The maximum atomic E-state index is 5.75. The minimum atomic E-state index is 0.382. The lowest BCUT2D eigenvalue weighted by atomic mass is 10.1. The predicted octanol–water partition coefficient (Wildman–Crippen LogP) is 1.81. The summed E-state index contributed by atoms with van der Waals surface area (Å²) in [4.78, 5) is 1.41. The summed E-state index contributed by atoms with van der Waals surface area (Å²) in [7, 11) is 0. The van der Waals surface area contributed by atoms with Crippen molar-refractivity contribution < 1.29 is 0 Å². The molecule has 13 heavy (non-hydrogen) atoms. The maximum Gasteiger partial charge on any atom is 0.0544 e. The Labute approximate surface area is 83.1 Å². The lowest BCUT2D eigenvalue weighted by Gasteiger charge is -2.15. The Hall–Kier alpha value is -0.380. The van der Waals surface area contributed by atoms with E-state index in [4.69, 9.17) is 5.73 Å². The van der Waals surface area contributed by atoms with Crippen molar-refractivity contribution in [3.63, 3.8) is 0 Å². The van der Waals surface area contributed by atoms with Crippen molar-refractivity contribution in [3.05, 3.63) is 21.9 Å². The Morgan fingerprint density at radius 3 is 2.92 bits per heavy atom. The van der Waals surface area contributed by atoms with Crippen LogP contribution in [0.25, 0.3) is 0 Å². The zero-order chi connectivity index (χ0) is 9.26. The van der Waals surface area contributed by atoms with Crippen LogP contribution in [0.2, 0.25) is 0 Å². The van der Waals surface area contributed by atoms with Crippen molar-refractivity contribution in [1.29, 1.82) is 0 Å². The zero-order valence-electron chi connectivity index (χ0n) is 7.92. The molecule has 2 rings (SSSR count). The molecule has 1 unspecified atom stereocenters. The Morgan fingerprint density at radius 2 is 2.46 bits per heavy atom. The van der Waals surface area contributed by atoms with Crippen molar-refractivity contribution in [3.8, 4) is 0 Å². The molecule has 1 atom stereocenters. The van der Waals surface area contributed by atoms with Crippen LogP contribution >= 0.6 is 11.3 Å². The number of rotatable bonds is 4. The molecule has 0 amide bonds. The third-order valence-corrected chi connectivity index (χ3v) is 3.60. The first-order chi connectivity index (χ1) is 6.31. The van der Waals surface area contributed by atoms with E-state index in [1.807, 2.05) is 11.3 Å². The van der Waals surface area contributed by atoms with Gasteiger partial charge in [-0.2, -0.15) is 0 Å². The topological polar surface area (TPSA) is 38.0 Å². The SMILES string of the molecule is Cc1ccsc1C(CN)NC1CC1. The average Bonchev–Trinajstić information content (AvgIpc) is 2.85. The summed E-state index contributed by atoms with van der Waals surface area (Å²) in [6.07, 6.45) is 2.64. The van der Waals surface area contributed by atoms with Gasteiger partial charge in [0.05, 0.1) is 6.04 Å². The second kappa shape index (κ2) is 3.78. The summed E-state index contributed by atoms with van der Waals surface area (Å²) in [5, 5.41) is 5.71. The molecule has 72 valence electrons. The lowest BCUT2D eigenvalue weighted by Crippen LogP contribution is -2.29. The standard InChI is InChI=1S/C10H16N2S/c1-7-4-5-13-10(7)9(6-11)12-8-2-3-8/h4-5,8-9,12H,2-3,6,11H2,1H3. The van der Waals surface area contributed by atoms with Crippen molar-refractivity contribution in [2.45, 2.75) is 31.8 Å². The van der Waals surface area contributed by atoms with E-state index in [2.05, 4.69) is 23.7 Å². The van der Waals surface area contributed by atoms with Gasteiger partial charge in [0.25, 0.3) is 0 Å². The Balaban J connectivity index is 2.06. The Morgan fingerprint density at radius 1 is 1.69 bits per heavy atom. The van der Waals surface area contributed by atoms with E-state index < -0.39 is 0 Å². The lowest BCUT2D eigenvalue weighted by molar-refractivity contribution is 0.544. The maximum absolute atomic E-state index is 5.75. The molecule has 1 heterocycles. The average molecular weight is 196 g/mol. The molecule has 0 radical (unpaired) electrons. The highest BCUT2D eigenvalue weighted by Crippen LogP contribution is 2.28. The quantitative estimate of drug-likeness (QED) is 0.770. The summed E-state index contributed by atoms with van der Waals surface area (Å²) >= 11 is 1.81. The number of hydrogen-bond donors (Lipinski definition) is 2. The molecule has 1 aliphatic rings. The van der Waals surface area contributed by atoms with Crippen LogP contribution in [0.5, 0.6) is 0 Å². The summed E-state index contributed by atoms with van der Waals surface area (Å²) in [5.74, 6) is 0. The summed E-state index contributed by atoms with van der Waals surface area (Å²) in [6, 6.07) is 3.28. The van der Waals surface area contributed by atoms with Crippen LogP contribution in [0.3, 0.4) is 0 Å². The van der Waals surface area contributed by atoms with E-state index >= 15 is 0 Å². The first kappa shape index (κ1) is 9.19. The summed E-state index contributed by atoms with van der Waals surface area (Å²) < 4.78 is 0. The summed E-state index contributed by atoms with van der Waals surface area (Å²) in [6.45, 7) is 2.86. The fourth-order valence-corrected chi connectivity index (χ4v) is 2.53. The molecule has 1 aliphatic carbocycles. The van der Waals surface area contributed by atoms with E-state index in [0.717, 1.165) is 6.04 Å². The molecule has 1 fully saturated rings. The second-order valence-corrected chi connectivity index (χ2v) is 4.64. The largest absolute Gasteiger partial charge is 0.329 e. The smallest absolute Gasteiger partial charge is 0.0544 e. The first-order valence-electron chi connectivity index (χ1n) is 4.81. The molecule has 0 spiro atoms. The van der Waals surface area contributed by atoms with Gasteiger partial charge in [-0.1, -0.05) is 0 Å². The molecule has 0 saturated heterocycles. The molecule has 2 nitrogen and oxygen atoms in total. The van der Waals surface area contributed by atoms with Gasteiger partial charge in [0.1, 0.15) is 0 Å². The van der Waals surface area contributed by atoms with Crippen LogP contribution < -0.4 is 11.1 Å². The van der Waals surface area contributed by atoms with Gasteiger partial charge < -0.3 is 11.1 Å². The van der Waals surface area contributed by atoms with Gasteiger partial charge in [0, 0.05) is 17.5 Å². The molecule has 3 heteroatoms. The fraction of sp³-hybridized carbons (Fsp3) is 0.600. The van der Waals surface area contributed by atoms with Crippen molar-refractivity contribution in [2.75, 3.05) is 6.54 Å². The van der Waals surface area contributed by atoms with Crippen LogP contribution in [-0.2, 0) is 0 Å². The van der Waals surface area contributed by atoms with Gasteiger partial charge in [0.2, 0.25) is 0 Å². The normalized spacial score (nSPS) is 18.9.